The first kappa shape index (κ1) is 19.9. The summed E-state index contributed by atoms with van der Waals surface area (Å²) in [6, 6.07) is 13.7. The molecule has 5 rings (SSSR count). The molecule has 0 bridgehead atoms. The molecule has 1 aromatic carbocycles. The van der Waals surface area contributed by atoms with Gasteiger partial charge in [0.1, 0.15) is 0 Å². The van der Waals surface area contributed by atoms with E-state index in [0.717, 1.165) is 46.3 Å². The fraction of sp³-hybridized carbons (Fsp3) is 0.200. The lowest BCUT2D eigenvalue weighted by Gasteiger charge is -2.16. The summed E-state index contributed by atoms with van der Waals surface area (Å²) < 4.78 is 5.68. The number of benzene rings is 1. The quantitative estimate of drug-likeness (QED) is 0.484. The number of furan rings is 1. The van der Waals surface area contributed by atoms with Crippen LogP contribution in [0.5, 0.6) is 0 Å². The smallest absolute Gasteiger partial charge is 0.289 e. The number of carbonyl (C=O) groups excluding carboxylic acids is 2. The number of aromatic nitrogens is 2. The van der Waals surface area contributed by atoms with Crippen LogP contribution in [0.2, 0.25) is 0 Å². The molecular weight excluding hydrogens is 404 g/mol. The molecule has 0 N–H and O–H groups in total. The Morgan fingerprint density at radius 2 is 1.81 bits per heavy atom. The van der Waals surface area contributed by atoms with E-state index in [0.29, 0.717) is 12.1 Å². The van der Waals surface area contributed by atoms with Crippen molar-refractivity contribution in [2.45, 2.75) is 12.8 Å². The summed E-state index contributed by atoms with van der Waals surface area (Å²) in [4.78, 5) is 36.3. The molecule has 32 heavy (non-hydrogen) atoms. The lowest BCUT2D eigenvalue weighted by Crippen LogP contribution is -2.23. The van der Waals surface area contributed by atoms with E-state index in [-0.39, 0.29) is 17.6 Å². The molecule has 7 nitrogen and oxygen atoms in total. The Balaban J connectivity index is 1.50. The zero-order valence-corrected chi connectivity index (χ0v) is 17.9. The fourth-order valence-electron chi connectivity index (χ4n) is 4.02. The number of hydrogen-bond donors (Lipinski definition) is 0. The topological polar surface area (TPSA) is 79.5 Å². The van der Waals surface area contributed by atoms with Crippen molar-refractivity contribution in [3.05, 3.63) is 66.8 Å². The van der Waals surface area contributed by atoms with Gasteiger partial charge in [-0.15, -0.1) is 0 Å². The van der Waals surface area contributed by atoms with Crippen LogP contribution in [0.25, 0.3) is 33.4 Å². The lowest BCUT2D eigenvalue weighted by molar-refractivity contribution is -0.117. The second-order valence-corrected chi connectivity index (χ2v) is 8.05. The second-order valence-electron chi connectivity index (χ2n) is 8.05. The van der Waals surface area contributed by atoms with Crippen molar-refractivity contribution in [2.24, 2.45) is 0 Å². The predicted molar refractivity (Wildman–Crippen MR) is 122 cm³/mol. The van der Waals surface area contributed by atoms with Crippen LogP contribution in [0.4, 0.5) is 5.69 Å². The van der Waals surface area contributed by atoms with Crippen LogP contribution in [0.3, 0.4) is 0 Å². The number of anilines is 1. The van der Waals surface area contributed by atoms with Gasteiger partial charge in [0.05, 0.1) is 0 Å². The van der Waals surface area contributed by atoms with Gasteiger partial charge in [0, 0.05) is 67.9 Å². The fourth-order valence-corrected chi connectivity index (χ4v) is 4.02. The van der Waals surface area contributed by atoms with E-state index in [1.54, 1.807) is 32.6 Å². The van der Waals surface area contributed by atoms with Crippen molar-refractivity contribution < 1.29 is 14.0 Å². The van der Waals surface area contributed by atoms with E-state index < -0.39 is 0 Å². The highest BCUT2D eigenvalue weighted by atomic mass is 16.4. The Morgan fingerprint density at radius 1 is 1.03 bits per heavy atom. The second kappa shape index (κ2) is 7.92. The largest absolute Gasteiger partial charge is 0.433 e. The van der Waals surface area contributed by atoms with Gasteiger partial charge in [-0.3, -0.25) is 14.6 Å². The molecule has 1 aliphatic heterocycles. The Hall–Kier alpha value is -4.00. The van der Waals surface area contributed by atoms with Crippen LogP contribution < -0.4 is 4.90 Å². The Labute approximate surface area is 185 Å². The van der Waals surface area contributed by atoms with E-state index in [1.807, 2.05) is 41.4 Å². The minimum atomic E-state index is -0.211. The van der Waals surface area contributed by atoms with E-state index in [4.69, 9.17) is 4.42 Å². The number of fused-ring (bicyclic) bond motifs is 1. The maximum absolute atomic E-state index is 12.3. The number of nitrogens with zero attached hydrogens (tertiary/aromatic N) is 4. The SMILES string of the molecule is CN(C)C(=O)c1cc2c(-c3cncc(-c4ccc(N5CCCC5=O)cc4)c3)ccnc2o1. The highest BCUT2D eigenvalue weighted by Gasteiger charge is 2.21. The molecular formula is C25H22N4O3. The Kier molecular flexibility index (Phi) is 4.93. The average molecular weight is 426 g/mol. The minimum absolute atomic E-state index is 0.176. The predicted octanol–water partition coefficient (Wildman–Crippen LogP) is 4.39. The summed E-state index contributed by atoms with van der Waals surface area (Å²) in [5, 5.41) is 0.763. The van der Waals surface area contributed by atoms with Gasteiger partial charge in [-0.1, -0.05) is 12.1 Å². The molecule has 2 amide bonds. The van der Waals surface area contributed by atoms with Gasteiger partial charge in [0.25, 0.3) is 5.91 Å². The van der Waals surface area contributed by atoms with Crippen LogP contribution in [-0.4, -0.2) is 47.3 Å². The van der Waals surface area contributed by atoms with Crippen LogP contribution in [-0.2, 0) is 4.79 Å². The standard InChI is InChI=1S/C25H22N4O3/c1-28(2)25(31)22-13-21-20(9-10-27-24(21)32-22)18-12-17(14-26-15-18)16-5-7-19(8-6-16)29-11-3-4-23(29)30/h5-10,12-15H,3-4,11H2,1-2H3. The van der Waals surface area contributed by atoms with Gasteiger partial charge < -0.3 is 14.2 Å². The first-order valence-electron chi connectivity index (χ1n) is 10.5. The molecule has 0 spiro atoms. The van der Waals surface area contributed by atoms with Gasteiger partial charge in [0.2, 0.25) is 11.6 Å². The van der Waals surface area contributed by atoms with Crippen molar-refractivity contribution in [3.8, 4) is 22.3 Å². The van der Waals surface area contributed by atoms with Gasteiger partial charge in [0.15, 0.2) is 5.76 Å². The zero-order valence-electron chi connectivity index (χ0n) is 17.9. The molecule has 1 aliphatic rings. The number of hydrogen-bond acceptors (Lipinski definition) is 5. The van der Waals surface area contributed by atoms with Crippen molar-refractivity contribution in [3.63, 3.8) is 0 Å². The number of pyridine rings is 2. The molecule has 0 aliphatic carbocycles. The molecule has 160 valence electrons. The van der Waals surface area contributed by atoms with Crippen LogP contribution >= 0.6 is 0 Å². The third-order valence-corrected chi connectivity index (χ3v) is 5.69. The monoisotopic (exact) mass is 426 g/mol. The molecule has 3 aromatic heterocycles. The summed E-state index contributed by atoms with van der Waals surface area (Å²) in [6.45, 7) is 0.774. The van der Waals surface area contributed by atoms with Crippen LogP contribution in [0.15, 0.2) is 65.5 Å². The molecule has 0 atom stereocenters. The molecule has 0 unspecified atom stereocenters. The van der Waals surface area contributed by atoms with Gasteiger partial charge in [-0.2, -0.15) is 0 Å². The minimum Gasteiger partial charge on any atom is -0.433 e. The first-order valence-corrected chi connectivity index (χ1v) is 10.5. The van der Waals surface area contributed by atoms with Crippen molar-refractivity contribution >= 4 is 28.6 Å². The summed E-state index contributed by atoms with van der Waals surface area (Å²) in [5.41, 5.74) is 5.10. The zero-order chi connectivity index (χ0) is 22.2. The molecule has 1 fully saturated rings. The maximum Gasteiger partial charge on any atom is 0.289 e. The van der Waals surface area contributed by atoms with Gasteiger partial charge >= 0.3 is 0 Å². The summed E-state index contributed by atoms with van der Waals surface area (Å²) in [7, 11) is 3.37. The maximum atomic E-state index is 12.3. The van der Waals surface area contributed by atoms with E-state index in [9.17, 15) is 9.59 Å². The molecule has 0 saturated carbocycles. The first-order chi connectivity index (χ1) is 15.5. The van der Waals surface area contributed by atoms with E-state index in [2.05, 4.69) is 16.0 Å². The molecule has 7 heteroatoms. The number of amides is 2. The molecule has 0 radical (unpaired) electrons. The van der Waals surface area contributed by atoms with E-state index in [1.165, 1.54) is 4.90 Å². The average Bonchev–Trinajstić information content (AvgIpc) is 3.44. The number of carbonyl (C=O) groups is 2. The normalized spacial score (nSPS) is 13.7. The van der Waals surface area contributed by atoms with Crippen LogP contribution in [0, 0.1) is 0 Å². The van der Waals surface area contributed by atoms with Gasteiger partial charge in [-0.25, -0.2) is 4.98 Å². The number of rotatable bonds is 4. The van der Waals surface area contributed by atoms with Crippen molar-refractivity contribution in [2.75, 3.05) is 25.5 Å². The Morgan fingerprint density at radius 3 is 2.53 bits per heavy atom. The third-order valence-electron chi connectivity index (χ3n) is 5.69. The van der Waals surface area contributed by atoms with Gasteiger partial charge in [-0.05, 0) is 47.9 Å². The molecule has 4 aromatic rings. The van der Waals surface area contributed by atoms with Crippen molar-refractivity contribution in [1.82, 2.24) is 14.9 Å². The summed E-state index contributed by atoms with van der Waals surface area (Å²) in [5.74, 6) is 0.217. The third kappa shape index (κ3) is 3.51. The summed E-state index contributed by atoms with van der Waals surface area (Å²) in [6.07, 6.45) is 6.79. The van der Waals surface area contributed by atoms with Crippen molar-refractivity contribution in [1.29, 1.82) is 0 Å². The molecule has 1 saturated heterocycles. The van der Waals surface area contributed by atoms with E-state index >= 15 is 0 Å². The Bertz CT molecular complexity index is 1320. The highest BCUT2D eigenvalue weighted by molar-refractivity contribution is 6.00. The molecule has 4 heterocycles. The highest BCUT2D eigenvalue weighted by Crippen LogP contribution is 2.32. The lowest BCUT2D eigenvalue weighted by atomic mass is 10.0. The van der Waals surface area contributed by atoms with Crippen LogP contribution in [0.1, 0.15) is 23.4 Å². The summed E-state index contributed by atoms with van der Waals surface area (Å²) >= 11 is 0.